The molecule has 1 aliphatic carbocycles. The Balaban J connectivity index is 1.44. The Bertz CT molecular complexity index is 456. The fourth-order valence-electron chi connectivity index (χ4n) is 4.11. The van der Waals surface area contributed by atoms with Crippen molar-refractivity contribution in [3.63, 3.8) is 0 Å². The number of carbonyl (C=O) groups is 2. The molecule has 0 aromatic carbocycles. The first-order valence-electron chi connectivity index (χ1n) is 9.90. The Morgan fingerprint density at radius 2 is 1.96 bits per heavy atom. The number of amides is 2. The van der Waals surface area contributed by atoms with E-state index in [1.165, 1.54) is 12.8 Å². The SMILES string of the molecule is CCCC(C)N1CC(C(=O)N2CCC(NCC3CC3)CC2)CC1=O. The van der Waals surface area contributed by atoms with E-state index >= 15 is 0 Å². The Labute approximate surface area is 146 Å². The lowest BCUT2D eigenvalue weighted by molar-refractivity contribution is -0.136. The molecule has 2 atom stereocenters. The number of likely N-dealkylation sites (tertiary alicyclic amines) is 2. The molecule has 2 saturated heterocycles. The van der Waals surface area contributed by atoms with Crippen LogP contribution in [0, 0.1) is 11.8 Å². The van der Waals surface area contributed by atoms with E-state index in [2.05, 4.69) is 19.2 Å². The normalized spacial score (nSPS) is 26.9. The minimum absolute atomic E-state index is 0.118. The number of nitrogens with zero attached hydrogens (tertiary/aromatic N) is 2. The van der Waals surface area contributed by atoms with Crippen molar-refractivity contribution in [2.75, 3.05) is 26.2 Å². The van der Waals surface area contributed by atoms with Crippen molar-refractivity contribution >= 4 is 11.8 Å². The van der Waals surface area contributed by atoms with Gasteiger partial charge in [-0.05, 0) is 51.5 Å². The zero-order valence-corrected chi connectivity index (χ0v) is 15.3. The highest BCUT2D eigenvalue weighted by atomic mass is 16.2. The largest absolute Gasteiger partial charge is 0.342 e. The number of hydrogen-bond donors (Lipinski definition) is 1. The molecule has 3 rings (SSSR count). The van der Waals surface area contributed by atoms with Gasteiger partial charge in [0.05, 0.1) is 5.92 Å². The fourth-order valence-corrected chi connectivity index (χ4v) is 4.11. The van der Waals surface area contributed by atoms with Gasteiger partial charge in [-0.25, -0.2) is 0 Å². The molecular weight excluding hydrogens is 302 g/mol. The summed E-state index contributed by atoms with van der Waals surface area (Å²) in [6, 6.07) is 0.832. The summed E-state index contributed by atoms with van der Waals surface area (Å²) in [5.41, 5.74) is 0. The Morgan fingerprint density at radius 1 is 1.25 bits per heavy atom. The molecule has 3 aliphatic rings. The molecule has 3 fully saturated rings. The van der Waals surface area contributed by atoms with Gasteiger partial charge in [0, 0.05) is 38.1 Å². The summed E-state index contributed by atoms with van der Waals surface area (Å²) in [5.74, 6) is 1.16. The Kier molecular flexibility index (Phi) is 5.80. The number of nitrogens with one attached hydrogen (secondary N) is 1. The molecule has 5 heteroatoms. The average Bonchev–Trinajstić information content (AvgIpc) is 3.33. The summed E-state index contributed by atoms with van der Waals surface area (Å²) in [7, 11) is 0. The van der Waals surface area contributed by atoms with Gasteiger partial charge in [0.1, 0.15) is 0 Å². The second kappa shape index (κ2) is 7.85. The molecular formula is C19H33N3O2. The van der Waals surface area contributed by atoms with Crippen LogP contribution in [0.15, 0.2) is 0 Å². The summed E-state index contributed by atoms with van der Waals surface area (Å²) >= 11 is 0. The van der Waals surface area contributed by atoms with E-state index in [1.807, 2.05) is 9.80 Å². The molecule has 0 spiro atoms. The molecule has 5 nitrogen and oxygen atoms in total. The lowest BCUT2D eigenvalue weighted by Crippen LogP contribution is -2.47. The van der Waals surface area contributed by atoms with Gasteiger partial charge in [0.2, 0.25) is 11.8 Å². The van der Waals surface area contributed by atoms with Crippen LogP contribution in [-0.2, 0) is 9.59 Å². The van der Waals surface area contributed by atoms with Crippen molar-refractivity contribution in [3.8, 4) is 0 Å². The molecule has 136 valence electrons. The first-order chi connectivity index (χ1) is 11.6. The first kappa shape index (κ1) is 17.7. The zero-order chi connectivity index (χ0) is 17.1. The molecule has 0 radical (unpaired) electrons. The van der Waals surface area contributed by atoms with Gasteiger partial charge in [-0.3, -0.25) is 9.59 Å². The Morgan fingerprint density at radius 3 is 2.58 bits per heavy atom. The van der Waals surface area contributed by atoms with Gasteiger partial charge >= 0.3 is 0 Å². The second-order valence-electron chi connectivity index (χ2n) is 8.04. The van der Waals surface area contributed by atoms with E-state index in [0.717, 1.165) is 51.2 Å². The molecule has 0 bridgehead atoms. The highest BCUT2D eigenvalue weighted by Crippen LogP contribution is 2.28. The van der Waals surface area contributed by atoms with Crippen LogP contribution in [0.2, 0.25) is 0 Å². The van der Waals surface area contributed by atoms with Crippen LogP contribution in [0.3, 0.4) is 0 Å². The summed E-state index contributed by atoms with van der Waals surface area (Å²) in [6.07, 6.45) is 7.37. The van der Waals surface area contributed by atoms with Gasteiger partial charge in [0.15, 0.2) is 0 Å². The van der Waals surface area contributed by atoms with Crippen LogP contribution in [0.1, 0.15) is 58.8 Å². The van der Waals surface area contributed by atoms with Gasteiger partial charge in [-0.1, -0.05) is 13.3 Å². The maximum atomic E-state index is 12.8. The molecule has 0 aromatic heterocycles. The van der Waals surface area contributed by atoms with Gasteiger partial charge < -0.3 is 15.1 Å². The molecule has 2 heterocycles. The monoisotopic (exact) mass is 335 g/mol. The van der Waals surface area contributed by atoms with Crippen molar-refractivity contribution < 1.29 is 9.59 Å². The van der Waals surface area contributed by atoms with Crippen LogP contribution in [-0.4, -0.2) is 59.9 Å². The lowest BCUT2D eigenvalue weighted by Gasteiger charge is -2.34. The number of carbonyl (C=O) groups excluding carboxylic acids is 2. The quantitative estimate of drug-likeness (QED) is 0.774. The van der Waals surface area contributed by atoms with Gasteiger partial charge in [-0.15, -0.1) is 0 Å². The molecule has 2 amide bonds. The molecule has 1 saturated carbocycles. The third-order valence-electron chi connectivity index (χ3n) is 5.94. The van der Waals surface area contributed by atoms with Crippen molar-refractivity contribution in [2.24, 2.45) is 11.8 Å². The van der Waals surface area contributed by atoms with E-state index in [1.54, 1.807) is 0 Å². The van der Waals surface area contributed by atoms with Crippen LogP contribution in [0.5, 0.6) is 0 Å². The highest BCUT2D eigenvalue weighted by molar-refractivity contribution is 5.89. The predicted molar refractivity (Wildman–Crippen MR) is 94.5 cm³/mol. The Hall–Kier alpha value is -1.10. The third-order valence-corrected chi connectivity index (χ3v) is 5.94. The first-order valence-corrected chi connectivity index (χ1v) is 9.90. The molecule has 1 N–H and O–H groups in total. The summed E-state index contributed by atoms with van der Waals surface area (Å²) in [6.45, 7) is 7.71. The second-order valence-corrected chi connectivity index (χ2v) is 8.04. The molecule has 0 aromatic rings. The van der Waals surface area contributed by atoms with Crippen molar-refractivity contribution in [3.05, 3.63) is 0 Å². The highest BCUT2D eigenvalue weighted by Gasteiger charge is 2.38. The smallest absolute Gasteiger partial charge is 0.227 e. The number of hydrogen-bond acceptors (Lipinski definition) is 3. The minimum atomic E-state index is -0.118. The maximum absolute atomic E-state index is 12.8. The minimum Gasteiger partial charge on any atom is -0.342 e. The summed E-state index contributed by atoms with van der Waals surface area (Å²) in [5, 5.41) is 3.66. The summed E-state index contributed by atoms with van der Waals surface area (Å²) < 4.78 is 0. The van der Waals surface area contributed by atoms with E-state index < -0.39 is 0 Å². The van der Waals surface area contributed by atoms with Crippen molar-refractivity contribution in [1.29, 1.82) is 0 Å². The summed E-state index contributed by atoms with van der Waals surface area (Å²) in [4.78, 5) is 28.9. The van der Waals surface area contributed by atoms with Crippen LogP contribution in [0.4, 0.5) is 0 Å². The van der Waals surface area contributed by atoms with E-state index in [9.17, 15) is 9.59 Å². The lowest BCUT2D eigenvalue weighted by atomic mass is 10.0. The van der Waals surface area contributed by atoms with Crippen LogP contribution >= 0.6 is 0 Å². The number of piperidine rings is 1. The van der Waals surface area contributed by atoms with Gasteiger partial charge in [0.25, 0.3) is 0 Å². The van der Waals surface area contributed by atoms with Gasteiger partial charge in [-0.2, -0.15) is 0 Å². The van der Waals surface area contributed by atoms with E-state index in [-0.39, 0.29) is 23.8 Å². The van der Waals surface area contributed by atoms with E-state index in [4.69, 9.17) is 0 Å². The third kappa shape index (κ3) is 4.29. The van der Waals surface area contributed by atoms with Crippen LogP contribution in [0.25, 0.3) is 0 Å². The fraction of sp³-hybridized carbons (Fsp3) is 0.895. The van der Waals surface area contributed by atoms with Crippen LogP contribution < -0.4 is 5.32 Å². The molecule has 2 unspecified atom stereocenters. The van der Waals surface area contributed by atoms with Crippen molar-refractivity contribution in [2.45, 2.75) is 70.9 Å². The van der Waals surface area contributed by atoms with Crippen molar-refractivity contribution in [1.82, 2.24) is 15.1 Å². The average molecular weight is 335 g/mol. The topological polar surface area (TPSA) is 52.7 Å². The predicted octanol–water partition coefficient (Wildman–Crippen LogP) is 2.01. The molecule has 2 aliphatic heterocycles. The maximum Gasteiger partial charge on any atom is 0.227 e. The standard InChI is InChI=1S/C19H33N3O2/c1-3-4-14(2)22-13-16(11-18(22)23)19(24)21-9-7-17(8-10-21)20-12-15-5-6-15/h14-17,20H,3-13H2,1-2H3. The number of rotatable bonds is 7. The zero-order valence-electron chi connectivity index (χ0n) is 15.3. The van der Waals surface area contributed by atoms with E-state index in [0.29, 0.717) is 19.0 Å². The molecule has 24 heavy (non-hydrogen) atoms.